The van der Waals surface area contributed by atoms with Crippen molar-refractivity contribution in [2.24, 2.45) is 17.8 Å². The van der Waals surface area contributed by atoms with Gasteiger partial charge in [-0.15, -0.1) is 0 Å². The van der Waals surface area contributed by atoms with Crippen LogP contribution >= 0.6 is 0 Å². The molecule has 4 unspecified atom stereocenters. The Labute approximate surface area is 84.3 Å². The molecule has 0 aliphatic heterocycles. The summed E-state index contributed by atoms with van der Waals surface area (Å²) in [6.07, 6.45) is 2.38. The van der Waals surface area contributed by atoms with E-state index >= 15 is 0 Å². The Balaban J connectivity index is 2.13. The van der Waals surface area contributed by atoms with E-state index in [0.717, 1.165) is 12.3 Å². The summed E-state index contributed by atoms with van der Waals surface area (Å²) in [4.78, 5) is 0. The van der Waals surface area contributed by atoms with Crippen molar-refractivity contribution in [1.82, 2.24) is 5.32 Å². The second kappa shape index (κ2) is 3.44. The Morgan fingerprint density at radius 1 is 1.29 bits per heavy atom. The normalized spacial score (nSPS) is 40.5. The number of rotatable bonds is 3. The lowest BCUT2D eigenvalue weighted by Crippen LogP contribution is -2.54. The van der Waals surface area contributed by atoms with E-state index in [4.69, 9.17) is 0 Å². The first-order valence-electron chi connectivity index (χ1n) is 5.55. The lowest BCUT2D eigenvalue weighted by molar-refractivity contribution is -0.00843. The molecule has 2 saturated carbocycles. The van der Waals surface area contributed by atoms with Crippen LogP contribution in [0.2, 0.25) is 0 Å². The van der Waals surface area contributed by atoms with Gasteiger partial charge in [-0.05, 0) is 51.0 Å². The van der Waals surface area contributed by atoms with Crippen molar-refractivity contribution in [2.45, 2.75) is 44.6 Å². The molecule has 0 radical (unpaired) electrons. The molecule has 14 heavy (non-hydrogen) atoms. The summed E-state index contributed by atoms with van der Waals surface area (Å²) in [6, 6.07) is 0. The van der Waals surface area contributed by atoms with Crippen molar-refractivity contribution in [3.05, 3.63) is 0 Å². The van der Waals surface area contributed by atoms with Gasteiger partial charge in [0, 0.05) is 0 Å². The minimum atomic E-state index is -2.25. The predicted octanol–water partition coefficient (Wildman–Crippen LogP) is 2.67. The second-order valence-electron chi connectivity index (χ2n) is 5.11. The maximum absolute atomic E-state index is 13.0. The number of nitrogens with one attached hydrogen (secondary N) is 1. The lowest BCUT2D eigenvalue weighted by atomic mass is 9.75. The van der Waals surface area contributed by atoms with Gasteiger partial charge in [-0.2, -0.15) is 0 Å². The maximum atomic E-state index is 13.0. The highest BCUT2D eigenvalue weighted by Gasteiger charge is 2.51. The quantitative estimate of drug-likeness (QED) is 0.743. The fraction of sp³-hybridized carbons (Fsp3) is 1.00. The van der Waals surface area contributed by atoms with Crippen LogP contribution in [0.5, 0.6) is 0 Å². The van der Waals surface area contributed by atoms with E-state index in [1.807, 2.05) is 0 Å². The van der Waals surface area contributed by atoms with Gasteiger partial charge in [-0.3, -0.25) is 0 Å². The molecular formula is C11H19F2N. The van der Waals surface area contributed by atoms with Crippen LogP contribution in [0.3, 0.4) is 0 Å². The van der Waals surface area contributed by atoms with Gasteiger partial charge in [0.2, 0.25) is 0 Å². The molecule has 0 aromatic carbocycles. The molecule has 0 aromatic heterocycles. The highest BCUT2D eigenvalue weighted by Crippen LogP contribution is 2.53. The van der Waals surface area contributed by atoms with E-state index in [2.05, 4.69) is 5.32 Å². The first-order chi connectivity index (χ1) is 6.58. The zero-order chi connectivity index (χ0) is 10.3. The summed E-state index contributed by atoms with van der Waals surface area (Å²) in [6.45, 7) is 1.68. The molecule has 1 nitrogen and oxygen atoms in total. The van der Waals surface area contributed by atoms with Crippen molar-refractivity contribution in [3.8, 4) is 0 Å². The van der Waals surface area contributed by atoms with E-state index in [9.17, 15) is 8.78 Å². The van der Waals surface area contributed by atoms with Crippen molar-refractivity contribution in [3.63, 3.8) is 0 Å². The van der Waals surface area contributed by atoms with E-state index < -0.39 is 12.0 Å². The molecule has 0 spiro atoms. The molecule has 2 aliphatic carbocycles. The summed E-state index contributed by atoms with van der Waals surface area (Å²) in [5, 5.41) is 2.85. The highest BCUT2D eigenvalue weighted by atomic mass is 19.3. The molecule has 1 N–H and O–H groups in total. The third kappa shape index (κ3) is 1.37. The van der Waals surface area contributed by atoms with Crippen LogP contribution in [0.1, 0.15) is 32.6 Å². The van der Waals surface area contributed by atoms with Crippen molar-refractivity contribution >= 4 is 0 Å². The molecular weight excluding hydrogens is 184 g/mol. The minimum absolute atomic E-state index is 0.186. The van der Waals surface area contributed by atoms with Gasteiger partial charge < -0.3 is 5.32 Å². The van der Waals surface area contributed by atoms with Gasteiger partial charge in [-0.1, -0.05) is 6.42 Å². The largest absolute Gasteiger partial charge is 0.309 e. The first kappa shape index (κ1) is 10.3. The van der Waals surface area contributed by atoms with E-state index in [0.29, 0.717) is 5.92 Å². The first-order valence-corrected chi connectivity index (χ1v) is 5.55. The van der Waals surface area contributed by atoms with Gasteiger partial charge in [0.25, 0.3) is 6.43 Å². The molecule has 2 fully saturated rings. The molecule has 0 amide bonds. The smallest absolute Gasteiger partial charge is 0.256 e. The van der Waals surface area contributed by atoms with Crippen LogP contribution in [-0.4, -0.2) is 19.0 Å². The SMILES string of the molecule is CNC(C)(C(F)F)C1CC2CCC1C2. The number of halogens is 2. The zero-order valence-electron chi connectivity index (χ0n) is 8.89. The van der Waals surface area contributed by atoms with Crippen LogP contribution in [0.4, 0.5) is 8.78 Å². The molecule has 0 heterocycles. The number of hydrogen-bond acceptors (Lipinski definition) is 1. The summed E-state index contributed by atoms with van der Waals surface area (Å²) in [5.41, 5.74) is -0.958. The van der Waals surface area contributed by atoms with Crippen LogP contribution in [0, 0.1) is 17.8 Å². The average Bonchev–Trinajstić information content (AvgIpc) is 2.77. The van der Waals surface area contributed by atoms with Crippen LogP contribution in [0.25, 0.3) is 0 Å². The summed E-state index contributed by atoms with van der Waals surface area (Å²) in [7, 11) is 1.66. The predicted molar refractivity (Wildman–Crippen MR) is 52.4 cm³/mol. The molecule has 0 aromatic rings. The third-order valence-corrected chi connectivity index (χ3v) is 4.50. The van der Waals surface area contributed by atoms with Crippen molar-refractivity contribution < 1.29 is 8.78 Å². The molecule has 3 heteroatoms. The van der Waals surface area contributed by atoms with Gasteiger partial charge >= 0.3 is 0 Å². The average molecular weight is 203 g/mol. The Morgan fingerprint density at radius 2 is 2.00 bits per heavy atom. The monoisotopic (exact) mass is 203 g/mol. The van der Waals surface area contributed by atoms with Gasteiger partial charge in [-0.25, -0.2) is 8.78 Å². The minimum Gasteiger partial charge on any atom is -0.309 e. The summed E-state index contributed by atoms with van der Waals surface area (Å²) < 4.78 is 26.0. The second-order valence-corrected chi connectivity index (χ2v) is 5.11. The Morgan fingerprint density at radius 3 is 2.36 bits per heavy atom. The molecule has 4 atom stereocenters. The standard InChI is InChI=1S/C11H19F2N/c1-11(14-2,10(12)13)9-6-7-3-4-8(9)5-7/h7-10,14H,3-6H2,1-2H3. The molecule has 0 saturated heterocycles. The van der Waals surface area contributed by atoms with Gasteiger partial charge in [0.15, 0.2) is 0 Å². The van der Waals surface area contributed by atoms with Crippen LogP contribution in [-0.2, 0) is 0 Å². The third-order valence-electron chi connectivity index (χ3n) is 4.50. The van der Waals surface area contributed by atoms with Gasteiger partial charge in [0.1, 0.15) is 0 Å². The Bertz CT molecular complexity index is 219. The summed E-state index contributed by atoms with van der Waals surface area (Å²) >= 11 is 0. The fourth-order valence-corrected chi connectivity index (χ4v) is 3.44. The highest BCUT2D eigenvalue weighted by molar-refractivity contribution is 5.02. The van der Waals surface area contributed by atoms with E-state index in [1.165, 1.54) is 19.3 Å². The molecule has 2 rings (SSSR count). The molecule has 2 bridgehead atoms. The summed E-state index contributed by atoms with van der Waals surface area (Å²) in [5.74, 6) is 1.47. The zero-order valence-corrected chi connectivity index (χ0v) is 8.89. The fourth-order valence-electron chi connectivity index (χ4n) is 3.44. The number of alkyl halides is 2. The van der Waals surface area contributed by atoms with Crippen LogP contribution < -0.4 is 5.32 Å². The Hall–Kier alpha value is -0.180. The van der Waals surface area contributed by atoms with Crippen molar-refractivity contribution in [1.29, 1.82) is 0 Å². The Kier molecular flexibility index (Phi) is 2.54. The van der Waals surface area contributed by atoms with E-state index in [1.54, 1.807) is 14.0 Å². The number of hydrogen-bond donors (Lipinski definition) is 1. The topological polar surface area (TPSA) is 12.0 Å². The van der Waals surface area contributed by atoms with Crippen molar-refractivity contribution in [2.75, 3.05) is 7.05 Å². The maximum Gasteiger partial charge on any atom is 0.256 e. The van der Waals surface area contributed by atoms with E-state index in [-0.39, 0.29) is 5.92 Å². The molecule has 2 aliphatic rings. The van der Waals surface area contributed by atoms with Crippen LogP contribution in [0.15, 0.2) is 0 Å². The van der Waals surface area contributed by atoms with Gasteiger partial charge in [0.05, 0.1) is 5.54 Å². The number of fused-ring (bicyclic) bond motifs is 2. The lowest BCUT2D eigenvalue weighted by Gasteiger charge is -2.39. The molecule has 82 valence electrons.